The van der Waals surface area contributed by atoms with Crippen LogP contribution in [0.1, 0.15) is 69.4 Å². The first kappa shape index (κ1) is 32.2. The third kappa shape index (κ3) is 10.3. The van der Waals surface area contributed by atoms with Gasteiger partial charge >= 0.3 is 0 Å². The normalized spacial score (nSPS) is 18.6. The molecule has 1 saturated heterocycles. The van der Waals surface area contributed by atoms with E-state index in [1.807, 2.05) is 62.4 Å². The molecule has 10 heteroatoms. The second-order valence-corrected chi connectivity index (χ2v) is 13.1. The average molecular weight is 594 g/mol. The molecule has 2 heterocycles. The molecule has 222 valence electrons. The van der Waals surface area contributed by atoms with Gasteiger partial charge in [0.15, 0.2) is 0 Å². The van der Waals surface area contributed by atoms with Gasteiger partial charge in [0.1, 0.15) is 23.7 Å². The molecule has 2 aliphatic rings. The van der Waals surface area contributed by atoms with Gasteiger partial charge in [-0.2, -0.15) is 0 Å². The number of hydrogen-bond acceptors (Lipinski definition) is 6. The van der Waals surface area contributed by atoms with E-state index in [2.05, 4.69) is 14.9 Å². The van der Waals surface area contributed by atoms with E-state index in [9.17, 15) is 13.2 Å². The number of fused-ring (bicyclic) bond motifs is 1. The highest BCUT2D eigenvalue weighted by molar-refractivity contribution is 7.89. The molecular formula is C30H44ClN3O5S. The van der Waals surface area contributed by atoms with E-state index in [1.165, 1.54) is 19.3 Å². The van der Waals surface area contributed by atoms with Gasteiger partial charge in [0.25, 0.3) is 0 Å². The van der Waals surface area contributed by atoms with Crippen LogP contribution in [0.5, 0.6) is 11.5 Å². The minimum Gasteiger partial charge on any atom is -0.489 e. The molecule has 1 amide bonds. The van der Waals surface area contributed by atoms with Crippen molar-refractivity contribution in [3.05, 3.63) is 59.7 Å². The van der Waals surface area contributed by atoms with Crippen molar-refractivity contribution < 1.29 is 22.7 Å². The number of rotatable bonds is 13. The van der Waals surface area contributed by atoms with E-state index in [-0.39, 0.29) is 36.5 Å². The standard InChI is InChI=1S/C30H43N3O5S.ClH/c1-30(2)21-25(27-20-26(13-14-28(27)38-30)37-22-24-10-5-3-6-11-24)23-39(35,36)32-15-9-12-29(34)31-16-19-33-17-7-4-8-18-33;/h3,5-6,10-11,13-14,20,25,32H,4,7-9,12,15-19,21-23H2,1-2H3,(H,31,34);1H. The predicted octanol–water partition coefficient (Wildman–Crippen LogP) is 4.63. The van der Waals surface area contributed by atoms with Crippen molar-refractivity contribution in [1.29, 1.82) is 0 Å². The molecular weight excluding hydrogens is 550 g/mol. The first-order chi connectivity index (χ1) is 18.7. The Labute approximate surface area is 245 Å². The number of carbonyl (C=O) groups excluding carboxylic acids is 1. The molecule has 0 bridgehead atoms. The van der Waals surface area contributed by atoms with E-state index >= 15 is 0 Å². The number of ether oxygens (including phenoxy) is 2. The number of sulfonamides is 1. The third-order valence-corrected chi connectivity index (χ3v) is 8.80. The summed E-state index contributed by atoms with van der Waals surface area (Å²) in [5.41, 5.74) is 1.43. The molecule has 2 aliphatic heterocycles. The van der Waals surface area contributed by atoms with Gasteiger partial charge in [-0.3, -0.25) is 4.79 Å². The molecule has 4 rings (SSSR count). The quantitative estimate of drug-likeness (QED) is 0.329. The second-order valence-electron chi connectivity index (χ2n) is 11.3. The number of likely N-dealkylation sites (tertiary alicyclic amines) is 1. The van der Waals surface area contributed by atoms with Crippen LogP contribution in [-0.4, -0.2) is 63.3 Å². The molecule has 0 aliphatic carbocycles. The summed E-state index contributed by atoms with van der Waals surface area (Å²) >= 11 is 0. The van der Waals surface area contributed by atoms with Crippen molar-refractivity contribution in [2.24, 2.45) is 0 Å². The Bertz CT molecular complexity index is 1190. The maximum absolute atomic E-state index is 13.0. The Morgan fingerprint density at radius 3 is 2.58 bits per heavy atom. The maximum atomic E-state index is 13.0. The number of nitrogens with zero attached hydrogens (tertiary/aromatic N) is 1. The zero-order valence-corrected chi connectivity index (χ0v) is 25.3. The first-order valence-electron chi connectivity index (χ1n) is 14.2. The van der Waals surface area contributed by atoms with E-state index in [4.69, 9.17) is 9.47 Å². The van der Waals surface area contributed by atoms with Crippen molar-refractivity contribution in [3.8, 4) is 11.5 Å². The van der Waals surface area contributed by atoms with E-state index in [0.717, 1.165) is 30.8 Å². The lowest BCUT2D eigenvalue weighted by Gasteiger charge is -2.37. The molecule has 40 heavy (non-hydrogen) atoms. The Hall–Kier alpha value is -2.33. The summed E-state index contributed by atoms with van der Waals surface area (Å²) in [7, 11) is -3.56. The van der Waals surface area contributed by atoms with Crippen molar-refractivity contribution in [2.45, 2.75) is 70.5 Å². The summed E-state index contributed by atoms with van der Waals surface area (Å²) < 4.78 is 40.9. The van der Waals surface area contributed by atoms with E-state index < -0.39 is 15.6 Å². The van der Waals surface area contributed by atoms with Crippen molar-refractivity contribution >= 4 is 28.3 Å². The number of hydrogen-bond donors (Lipinski definition) is 2. The minimum absolute atomic E-state index is 0. The fourth-order valence-corrected chi connectivity index (χ4v) is 6.79. The fourth-order valence-electron chi connectivity index (χ4n) is 5.39. The molecule has 0 aromatic heterocycles. The summed E-state index contributed by atoms with van der Waals surface area (Å²) in [6, 6.07) is 15.6. The minimum atomic E-state index is -3.56. The van der Waals surface area contributed by atoms with E-state index in [0.29, 0.717) is 43.9 Å². The zero-order valence-electron chi connectivity index (χ0n) is 23.7. The van der Waals surface area contributed by atoms with Gasteiger partial charge in [-0.05, 0) is 76.4 Å². The van der Waals surface area contributed by atoms with Crippen LogP contribution in [0.4, 0.5) is 0 Å². The highest BCUT2D eigenvalue weighted by Gasteiger charge is 2.36. The van der Waals surface area contributed by atoms with E-state index in [1.54, 1.807) is 0 Å². The molecule has 2 aromatic carbocycles. The molecule has 8 nitrogen and oxygen atoms in total. The zero-order chi connectivity index (χ0) is 27.7. The number of halogens is 1. The number of benzene rings is 2. The smallest absolute Gasteiger partial charge is 0.220 e. The topological polar surface area (TPSA) is 97.0 Å². The Balaban J connectivity index is 0.00000441. The van der Waals surface area contributed by atoms with Crippen molar-refractivity contribution in [3.63, 3.8) is 0 Å². The van der Waals surface area contributed by atoms with Crippen molar-refractivity contribution in [2.75, 3.05) is 38.5 Å². The van der Waals surface area contributed by atoms with Crippen LogP contribution in [0.2, 0.25) is 0 Å². The second kappa shape index (κ2) is 15.1. The molecule has 2 N–H and O–H groups in total. The van der Waals surface area contributed by atoms with Gasteiger partial charge in [0, 0.05) is 37.5 Å². The lowest BCUT2D eigenvalue weighted by Crippen LogP contribution is -2.39. The molecule has 0 saturated carbocycles. The van der Waals surface area contributed by atoms with Gasteiger partial charge in [0.05, 0.1) is 5.75 Å². The third-order valence-electron chi connectivity index (χ3n) is 7.32. The largest absolute Gasteiger partial charge is 0.489 e. The summed E-state index contributed by atoms with van der Waals surface area (Å²) in [4.78, 5) is 14.6. The summed E-state index contributed by atoms with van der Waals surface area (Å²) in [6.07, 6.45) is 5.09. The number of piperidine rings is 1. The monoisotopic (exact) mass is 593 g/mol. The van der Waals surface area contributed by atoms with Crippen LogP contribution in [0.3, 0.4) is 0 Å². The number of nitrogens with one attached hydrogen (secondary N) is 2. The van der Waals surface area contributed by atoms with Crippen LogP contribution in [0.25, 0.3) is 0 Å². The Morgan fingerprint density at radius 1 is 1.07 bits per heavy atom. The first-order valence-corrected chi connectivity index (χ1v) is 15.8. The van der Waals surface area contributed by atoms with Crippen LogP contribution in [0.15, 0.2) is 48.5 Å². The van der Waals surface area contributed by atoms with Gasteiger partial charge in [-0.1, -0.05) is 36.8 Å². The molecule has 0 radical (unpaired) electrons. The molecule has 1 fully saturated rings. The molecule has 2 aromatic rings. The fraction of sp³-hybridized carbons (Fsp3) is 0.567. The highest BCUT2D eigenvalue weighted by atomic mass is 35.5. The van der Waals surface area contributed by atoms with Gasteiger partial charge in [-0.25, -0.2) is 13.1 Å². The van der Waals surface area contributed by atoms with Crippen molar-refractivity contribution in [1.82, 2.24) is 14.9 Å². The average Bonchev–Trinajstić information content (AvgIpc) is 2.90. The van der Waals surface area contributed by atoms with Gasteiger partial charge in [-0.15, -0.1) is 12.4 Å². The Morgan fingerprint density at radius 2 is 1.82 bits per heavy atom. The SMILES string of the molecule is CC1(C)CC(CS(=O)(=O)NCCCC(=O)NCCN2CCCCC2)c2cc(OCc3ccccc3)ccc2O1.Cl. The molecule has 1 unspecified atom stereocenters. The Kier molecular flexibility index (Phi) is 12.1. The van der Waals surface area contributed by atoms with Crippen LogP contribution in [0, 0.1) is 0 Å². The van der Waals surface area contributed by atoms with Gasteiger partial charge in [0.2, 0.25) is 15.9 Å². The number of amides is 1. The van der Waals surface area contributed by atoms with Crippen LogP contribution < -0.4 is 19.5 Å². The lowest BCUT2D eigenvalue weighted by molar-refractivity contribution is -0.121. The van der Waals surface area contributed by atoms with Crippen LogP contribution >= 0.6 is 12.4 Å². The molecule has 0 spiro atoms. The summed E-state index contributed by atoms with van der Waals surface area (Å²) in [5, 5.41) is 2.96. The maximum Gasteiger partial charge on any atom is 0.220 e. The van der Waals surface area contributed by atoms with Gasteiger partial charge < -0.3 is 19.7 Å². The lowest BCUT2D eigenvalue weighted by atomic mass is 9.85. The predicted molar refractivity (Wildman–Crippen MR) is 161 cm³/mol. The highest BCUT2D eigenvalue weighted by Crippen LogP contribution is 2.43. The number of carbonyl (C=O) groups is 1. The van der Waals surface area contributed by atoms with Crippen LogP contribution in [-0.2, 0) is 21.4 Å². The summed E-state index contributed by atoms with van der Waals surface area (Å²) in [6.45, 7) is 8.35. The summed E-state index contributed by atoms with van der Waals surface area (Å²) in [5.74, 6) is 1.06. The molecule has 1 atom stereocenters.